The molecule has 1 aliphatic heterocycles. The van der Waals surface area contributed by atoms with E-state index in [-0.39, 0.29) is 11.3 Å². The Morgan fingerprint density at radius 3 is 2.17 bits per heavy atom. The van der Waals surface area contributed by atoms with Crippen LogP contribution < -0.4 is 10.9 Å². The molecule has 0 radical (unpaired) electrons. The number of piperidine rings is 1. The van der Waals surface area contributed by atoms with Crippen molar-refractivity contribution in [3.8, 4) is 5.75 Å². The molecule has 0 unspecified atom stereocenters. The summed E-state index contributed by atoms with van der Waals surface area (Å²) in [5, 5.41) is 41.7. The summed E-state index contributed by atoms with van der Waals surface area (Å²) in [5.74, 6) is 0.883. The molecule has 1 atom stereocenters. The number of nitrogens with zero attached hydrogens (tertiary/aromatic N) is 4. The van der Waals surface area contributed by atoms with Crippen molar-refractivity contribution < 1.29 is 15.3 Å². The second kappa shape index (κ2) is 16.0. The number of likely N-dealkylation sites (tertiary alicyclic amines) is 1. The van der Waals surface area contributed by atoms with Crippen LogP contribution in [0.5, 0.6) is 5.75 Å². The fourth-order valence-corrected chi connectivity index (χ4v) is 7.28. The third-order valence-corrected chi connectivity index (χ3v) is 10.3. The normalized spacial score (nSPS) is 14.9. The summed E-state index contributed by atoms with van der Waals surface area (Å²) in [6.45, 7) is 5.00. The van der Waals surface area contributed by atoms with Crippen molar-refractivity contribution in [1.82, 2.24) is 30.0 Å². The van der Waals surface area contributed by atoms with Gasteiger partial charge in [0.05, 0.1) is 11.6 Å². The minimum absolute atomic E-state index is 0.0158. The number of benzene rings is 4. The van der Waals surface area contributed by atoms with Crippen LogP contribution in [0, 0.1) is 5.92 Å². The number of phenolic OH excluding ortho intramolecular Hbond substituents is 1. The van der Waals surface area contributed by atoms with Gasteiger partial charge in [0.1, 0.15) is 12.1 Å². The van der Waals surface area contributed by atoms with Gasteiger partial charge in [-0.25, -0.2) is 4.98 Å². The van der Waals surface area contributed by atoms with Gasteiger partial charge in [0.15, 0.2) is 11.4 Å². The molecule has 268 valence electrons. The van der Waals surface area contributed by atoms with E-state index in [0.717, 1.165) is 69.5 Å². The molecule has 1 aliphatic rings. The van der Waals surface area contributed by atoms with Crippen LogP contribution in [0.1, 0.15) is 52.6 Å². The van der Waals surface area contributed by atoms with E-state index >= 15 is 0 Å². The van der Waals surface area contributed by atoms with Crippen LogP contribution in [-0.4, -0.2) is 72.7 Å². The molecule has 1 saturated heterocycles. The number of aliphatic hydroxyl groups excluding tert-OH is 1. The first-order chi connectivity index (χ1) is 25.4. The molecule has 4 aromatic carbocycles. The molecule has 2 aromatic heterocycles. The maximum absolute atomic E-state index is 12.0. The van der Waals surface area contributed by atoms with Crippen LogP contribution in [0.4, 0.5) is 0 Å². The van der Waals surface area contributed by atoms with E-state index in [4.69, 9.17) is 5.10 Å². The standard InChI is InChI=1S/C42H46N6O4/c49-37-17-15-35(36-16-18-39(51)45-40(36)37)38(50)27-43-23-19-30-11-13-31(14-12-30)20-24-47-25-21-32(22-26-47)28-48-29-44-41(46-48)42(52,33-7-3-1-4-8-33)34-9-5-2-6-10-34/h1-18,29,32,38,43,49-50,52H,19-28H2,(H,45,51)/t38-/m0/s1. The average Bonchev–Trinajstić information content (AvgIpc) is 3.66. The van der Waals surface area contributed by atoms with Gasteiger partial charge in [0.2, 0.25) is 5.56 Å². The number of aromatic amines is 1. The molecular weight excluding hydrogens is 652 g/mol. The van der Waals surface area contributed by atoms with Crippen LogP contribution in [0.25, 0.3) is 10.9 Å². The lowest BCUT2D eigenvalue weighted by molar-refractivity contribution is 0.114. The summed E-state index contributed by atoms with van der Waals surface area (Å²) in [6.07, 6.45) is 5.02. The number of H-pyrrole nitrogens is 1. The van der Waals surface area contributed by atoms with Crippen molar-refractivity contribution in [3.63, 3.8) is 0 Å². The van der Waals surface area contributed by atoms with Gasteiger partial charge in [0.25, 0.3) is 0 Å². The fraction of sp³-hybridized carbons (Fsp3) is 0.310. The van der Waals surface area contributed by atoms with Crippen LogP contribution in [-0.2, 0) is 25.0 Å². The van der Waals surface area contributed by atoms with Gasteiger partial charge >= 0.3 is 0 Å². The summed E-state index contributed by atoms with van der Waals surface area (Å²) in [4.78, 5) is 21.5. The Kier molecular flexibility index (Phi) is 10.9. The fourth-order valence-electron chi connectivity index (χ4n) is 7.28. The third-order valence-electron chi connectivity index (χ3n) is 10.3. The number of hydrogen-bond donors (Lipinski definition) is 5. The Labute approximate surface area is 303 Å². The Morgan fingerprint density at radius 1 is 0.846 bits per heavy atom. The second-order valence-corrected chi connectivity index (χ2v) is 13.8. The Morgan fingerprint density at radius 2 is 1.50 bits per heavy atom. The number of aliphatic hydroxyl groups is 2. The molecule has 0 amide bonds. The first kappa shape index (κ1) is 35.3. The number of phenols is 1. The smallest absolute Gasteiger partial charge is 0.248 e. The zero-order valence-electron chi connectivity index (χ0n) is 29.2. The largest absolute Gasteiger partial charge is 0.506 e. The number of nitrogens with one attached hydrogen (secondary N) is 2. The molecule has 0 saturated carbocycles. The lowest BCUT2D eigenvalue weighted by atomic mass is 9.86. The van der Waals surface area contributed by atoms with E-state index in [0.29, 0.717) is 34.8 Å². The van der Waals surface area contributed by atoms with E-state index in [1.807, 2.05) is 65.3 Å². The molecule has 3 heterocycles. The molecule has 0 spiro atoms. The van der Waals surface area contributed by atoms with E-state index in [1.165, 1.54) is 23.3 Å². The van der Waals surface area contributed by atoms with E-state index in [2.05, 4.69) is 44.5 Å². The van der Waals surface area contributed by atoms with Crippen molar-refractivity contribution >= 4 is 10.9 Å². The predicted octanol–water partition coefficient (Wildman–Crippen LogP) is 4.93. The highest BCUT2D eigenvalue weighted by Crippen LogP contribution is 2.34. The van der Waals surface area contributed by atoms with Crippen molar-refractivity contribution in [1.29, 1.82) is 0 Å². The topological polar surface area (TPSA) is 140 Å². The van der Waals surface area contributed by atoms with Crippen LogP contribution >= 0.6 is 0 Å². The van der Waals surface area contributed by atoms with Crippen LogP contribution in [0.2, 0.25) is 0 Å². The molecule has 10 nitrogen and oxygen atoms in total. The van der Waals surface area contributed by atoms with Gasteiger partial charge in [-0.3, -0.25) is 9.48 Å². The summed E-state index contributed by atoms with van der Waals surface area (Å²) in [5.41, 5.74) is 3.32. The molecule has 52 heavy (non-hydrogen) atoms. The minimum Gasteiger partial charge on any atom is -0.506 e. The predicted molar refractivity (Wildman–Crippen MR) is 202 cm³/mol. The van der Waals surface area contributed by atoms with Gasteiger partial charge in [0, 0.05) is 31.1 Å². The van der Waals surface area contributed by atoms with E-state index in [9.17, 15) is 20.1 Å². The highest BCUT2D eigenvalue weighted by atomic mass is 16.3. The van der Waals surface area contributed by atoms with Gasteiger partial charge in [-0.2, -0.15) is 5.10 Å². The van der Waals surface area contributed by atoms with Crippen molar-refractivity contribution in [2.45, 2.75) is 43.9 Å². The van der Waals surface area contributed by atoms with Gasteiger partial charge in [-0.1, -0.05) is 91.0 Å². The Bertz CT molecular complexity index is 2070. The highest BCUT2D eigenvalue weighted by molar-refractivity contribution is 5.87. The third kappa shape index (κ3) is 8.00. The highest BCUT2D eigenvalue weighted by Gasteiger charge is 2.38. The maximum Gasteiger partial charge on any atom is 0.248 e. The Balaban J connectivity index is 0.842. The van der Waals surface area contributed by atoms with E-state index in [1.54, 1.807) is 18.5 Å². The molecule has 0 bridgehead atoms. The molecule has 6 aromatic rings. The summed E-state index contributed by atoms with van der Waals surface area (Å²) in [6, 6.07) is 34.3. The Hall–Kier alpha value is -5.13. The number of aromatic hydroxyl groups is 1. The first-order valence-electron chi connectivity index (χ1n) is 18.1. The lowest BCUT2D eigenvalue weighted by Gasteiger charge is -2.32. The van der Waals surface area contributed by atoms with Crippen molar-refractivity contribution in [2.24, 2.45) is 5.92 Å². The zero-order valence-corrected chi connectivity index (χ0v) is 29.2. The molecule has 0 aliphatic carbocycles. The number of fused-ring (bicyclic) bond motifs is 1. The zero-order chi connectivity index (χ0) is 35.9. The lowest BCUT2D eigenvalue weighted by Crippen LogP contribution is -2.36. The molecular formula is C42H46N6O4. The molecule has 1 fully saturated rings. The van der Waals surface area contributed by atoms with Crippen LogP contribution in [0.15, 0.2) is 120 Å². The summed E-state index contributed by atoms with van der Waals surface area (Å²) in [7, 11) is 0. The van der Waals surface area contributed by atoms with Crippen molar-refractivity contribution in [2.75, 3.05) is 32.7 Å². The first-order valence-corrected chi connectivity index (χ1v) is 18.1. The quantitative estimate of drug-likeness (QED) is 0.101. The monoisotopic (exact) mass is 698 g/mol. The number of hydrogen-bond acceptors (Lipinski definition) is 8. The number of pyridine rings is 1. The summed E-state index contributed by atoms with van der Waals surface area (Å²) >= 11 is 0. The van der Waals surface area contributed by atoms with Crippen LogP contribution in [0.3, 0.4) is 0 Å². The average molecular weight is 699 g/mol. The van der Waals surface area contributed by atoms with Crippen molar-refractivity contribution in [3.05, 3.63) is 160 Å². The number of aromatic nitrogens is 4. The SMILES string of the molecule is O=c1ccc2c([C@@H](O)CNCCc3ccc(CCN4CCC(Cn5cnc(C(O)(c6ccccc6)c6ccccc6)n5)CC4)cc3)ccc(O)c2[nH]1. The molecule has 7 rings (SSSR count). The molecule has 5 N–H and O–H groups in total. The van der Waals surface area contributed by atoms with Gasteiger partial charge < -0.3 is 30.5 Å². The second-order valence-electron chi connectivity index (χ2n) is 13.8. The minimum atomic E-state index is -1.42. The summed E-state index contributed by atoms with van der Waals surface area (Å²) < 4.78 is 1.90. The van der Waals surface area contributed by atoms with E-state index < -0.39 is 11.7 Å². The van der Waals surface area contributed by atoms with Gasteiger partial charge in [-0.15, -0.1) is 0 Å². The number of rotatable bonds is 14. The van der Waals surface area contributed by atoms with Gasteiger partial charge in [-0.05, 0) is 91.2 Å². The maximum atomic E-state index is 12.0. The molecule has 10 heteroatoms.